The fourth-order valence-corrected chi connectivity index (χ4v) is 6.19. The summed E-state index contributed by atoms with van der Waals surface area (Å²) in [6, 6.07) is 22.3. The molecule has 0 spiro atoms. The summed E-state index contributed by atoms with van der Waals surface area (Å²) in [5.41, 5.74) is 11.8. The second-order valence-electron chi connectivity index (χ2n) is 9.35. The van der Waals surface area contributed by atoms with E-state index in [4.69, 9.17) is 0 Å². The van der Waals surface area contributed by atoms with Crippen molar-refractivity contribution in [1.29, 1.82) is 0 Å². The van der Waals surface area contributed by atoms with E-state index in [2.05, 4.69) is 96.0 Å². The van der Waals surface area contributed by atoms with Crippen LogP contribution in [0.1, 0.15) is 22.3 Å². The average molecular weight is 668 g/mol. The Morgan fingerprint density at radius 3 is 1.41 bits per heavy atom. The molecule has 2 nitrogen and oxygen atoms in total. The number of pyridine rings is 2. The van der Waals surface area contributed by atoms with E-state index in [-0.39, 0.29) is 48.0 Å². The normalized spacial score (nSPS) is 13.2. The third-order valence-corrected chi connectivity index (χ3v) is 7.87. The van der Waals surface area contributed by atoms with E-state index in [9.17, 15) is 0 Å². The van der Waals surface area contributed by atoms with Crippen molar-refractivity contribution >= 4 is 21.5 Å². The molecular formula is C30H26I2N2. The number of aryl methyl sites for hydroxylation is 2. The van der Waals surface area contributed by atoms with Gasteiger partial charge in [0.15, 0.2) is 25.5 Å². The van der Waals surface area contributed by atoms with Crippen LogP contribution < -0.4 is 57.1 Å². The van der Waals surface area contributed by atoms with Crippen molar-refractivity contribution in [1.82, 2.24) is 0 Å². The molecule has 5 aromatic rings. The summed E-state index contributed by atoms with van der Waals surface area (Å²) >= 11 is 0. The molecule has 0 radical (unpaired) electrons. The zero-order valence-electron chi connectivity index (χ0n) is 19.4. The van der Waals surface area contributed by atoms with E-state index in [1.165, 1.54) is 55.2 Å². The number of halogens is 2. The topological polar surface area (TPSA) is 7.76 Å². The lowest BCUT2D eigenvalue weighted by Gasteiger charge is -2.27. The Morgan fingerprint density at radius 2 is 0.971 bits per heavy atom. The summed E-state index contributed by atoms with van der Waals surface area (Å²) in [5, 5.41) is 5.36. The summed E-state index contributed by atoms with van der Waals surface area (Å²) in [7, 11) is 0. The molecule has 0 aliphatic carbocycles. The highest BCUT2D eigenvalue weighted by atomic mass is 127. The largest absolute Gasteiger partial charge is 1.00 e. The summed E-state index contributed by atoms with van der Waals surface area (Å²) in [4.78, 5) is 0. The maximum absolute atomic E-state index is 2.49. The molecule has 3 aromatic carbocycles. The van der Waals surface area contributed by atoms with Gasteiger partial charge in [-0.15, -0.1) is 0 Å². The molecule has 2 aromatic heterocycles. The number of hydrogen-bond donors (Lipinski definition) is 0. The van der Waals surface area contributed by atoms with Gasteiger partial charge in [0, 0.05) is 25.0 Å². The van der Waals surface area contributed by atoms with Crippen LogP contribution in [0.4, 0.5) is 0 Å². The second kappa shape index (κ2) is 8.86. The van der Waals surface area contributed by atoms with Crippen LogP contribution in [0.3, 0.4) is 0 Å². The van der Waals surface area contributed by atoms with Gasteiger partial charge in [0.2, 0.25) is 11.4 Å². The average Bonchev–Trinajstić information content (AvgIpc) is 2.85. The Kier molecular flexibility index (Phi) is 6.17. The van der Waals surface area contributed by atoms with Crippen LogP contribution in [-0.4, -0.2) is 0 Å². The monoisotopic (exact) mass is 668 g/mol. The highest BCUT2D eigenvalue weighted by Crippen LogP contribution is 2.46. The molecule has 0 atom stereocenters. The van der Waals surface area contributed by atoms with Crippen LogP contribution >= 0.6 is 0 Å². The molecule has 4 heteroatoms. The van der Waals surface area contributed by atoms with Gasteiger partial charge in [-0.2, -0.15) is 9.13 Å². The number of hydrogen-bond acceptors (Lipinski definition) is 0. The molecule has 0 N–H and O–H groups in total. The molecule has 4 heterocycles. The van der Waals surface area contributed by atoms with Crippen molar-refractivity contribution in [2.24, 2.45) is 0 Å². The predicted octanol–water partition coefficient (Wildman–Crippen LogP) is -0.361. The molecule has 0 amide bonds. The first kappa shape index (κ1) is 23.7. The Bertz CT molecular complexity index is 1480. The first-order valence-electron chi connectivity index (χ1n) is 11.7. The van der Waals surface area contributed by atoms with Crippen LogP contribution in [0.5, 0.6) is 0 Å². The molecular weight excluding hydrogens is 642 g/mol. The first-order valence-corrected chi connectivity index (χ1v) is 11.7. The molecule has 0 saturated carbocycles. The summed E-state index contributed by atoms with van der Waals surface area (Å²) in [5.74, 6) is 0. The van der Waals surface area contributed by atoms with Crippen molar-refractivity contribution in [2.45, 2.75) is 39.8 Å². The fraction of sp³-hybridized carbons (Fsp3) is 0.200. The Balaban J connectivity index is 0.00000120. The van der Waals surface area contributed by atoms with Crippen LogP contribution in [-0.2, 0) is 25.9 Å². The smallest absolute Gasteiger partial charge is 0.221 e. The van der Waals surface area contributed by atoms with Crippen molar-refractivity contribution in [3.05, 3.63) is 95.3 Å². The molecule has 0 fully saturated rings. The van der Waals surface area contributed by atoms with Gasteiger partial charge in [-0.3, -0.25) is 0 Å². The van der Waals surface area contributed by atoms with Crippen LogP contribution in [0.25, 0.3) is 44.1 Å². The third kappa shape index (κ3) is 3.24. The molecule has 0 unspecified atom stereocenters. The van der Waals surface area contributed by atoms with Crippen molar-refractivity contribution < 1.29 is 57.1 Å². The lowest BCUT2D eigenvalue weighted by Crippen LogP contribution is -3.00. The zero-order valence-corrected chi connectivity index (χ0v) is 23.7. The van der Waals surface area contributed by atoms with Gasteiger partial charge in [-0.05, 0) is 59.0 Å². The first-order chi connectivity index (χ1) is 15.7. The molecule has 34 heavy (non-hydrogen) atoms. The van der Waals surface area contributed by atoms with Crippen molar-refractivity contribution in [3.8, 4) is 22.5 Å². The van der Waals surface area contributed by atoms with Crippen LogP contribution in [0.2, 0.25) is 0 Å². The number of fused-ring (bicyclic) bond motifs is 11. The van der Waals surface area contributed by atoms with Gasteiger partial charge in [0.25, 0.3) is 0 Å². The van der Waals surface area contributed by atoms with E-state index >= 15 is 0 Å². The maximum atomic E-state index is 2.49. The van der Waals surface area contributed by atoms with Gasteiger partial charge >= 0.3 is 0 Å². The van der Waals surface area contributed by atoms with E-state index in [1.807, 2.05) is 0 Å². The van der Waals surface area contributed by atoms with Gasteiger partial charge in [-0.25, -0.2) is 0 Å². The molecule has 2 aliphatic rings. The van der Waals surface area contributed by atoms with Crippen molar-refractivity contribution in [3.63, 3.8) is 0 Å². The molecule has 0 saturated heterocycles. The van der Waals surface area contributed by atoms with E-state index in [0.717, 1.165) is 25.9 Å². The van der Waals surface area contributed by atoms with Crippen LogP contribution in [0, 0.1) is 13.8 Å². The number of benzene rings is 3. The maximum Gasteiger partial charge on any atom is 0.221 e. The molecule has 2 aliphatic heterocycles. The number of rotatable bonds is 0. The van der Waals surface area contributed by atoms with E-state index < -0.39 is 0 Å². The van der Waals surface area contributed by atoms with Gasteiger partial charge in [-0.1, -0.05) is 36.4 Å². The second-order valence-corrected chi connectivity index (χ2v) is 9.35. The lowest BCUT2D eigenvalue weighted by molar-refractivity contribution is -0.688. The highest BCUT2D eigenvalue weighted by molar-refractivity contribution is 6.03. The predicted molar refractivity (Wildman–Crippen MR) is 130 cm³/mol. The minimum absolute atomic E-state index is 0. The standard InChI is InChI=1S/C30H26N2.2HI/c1-19-20(2)24-14-18-32-16-12-22-8-4-6-10-26(22)30(32)28(24)27-23(19)13-17-31-15-11-21-7-3-5-9-25(21)29(27)31;;/h3-12,15-16H,13-14,17-18H2,1-2H3;2*1H/q+2;;/p-2. The van der Waals surface area contributed by atoms with Crippen molar-refractivity contribution in [2.75, 3.05) is 0 Å². The molecule has 7 rings (SSSR count). The summed E-state index contributed by atoms with van der Waals surface area (Å²) in [6.45, 7) is 6.78. The Labute approximate surface area is 234 Å². The van der Waals surface area contributed by atoms with Crippen LogP contribution in [0.15, 0.2) is 73.1 Å². The summed E-state index contributed by atoms with van der Waals surface area (Å²) < 4.78 is 4.98. The van der Waals surface area contributed by atoms with E-state index in [1.54, 1.807) is 11.1 Å². The Morgan fingerprint density at radius 1 is 0.559 bits per heavy atom. The SMILES string of the molecule is Cc1c(C)c2c(c3c1CC[n+]1ccc4ccccc4c1-3)-c1c3ccccc3cc[n+]1CC2.[I-].[I-]. The quantitative estimate of drug-likeness (QED) is 0.158. The minimum atomic E-state index is 0. The molecule has 170 valence electrons. The fourth-order valence-electron chi connectivity index (χ4n) is 6.19. The minimum Gasteiger partial charge on any atom is -1.00 e. The number of nitrogens with zero attached hydrogens (tertiary/aromatic N) is 2. The molecule has 0 bridgehead atoms. The van der Waals surface area contributed by atoms with Gasteiger partial charge < -0.3 is 48.0 Å². The van der Waals surface area contributed by atoms with Gasteiger partial charge in [0.1, 0.15) is 0 Å². The summed E-state index contributed by atoms with van der Waals surface area (Å²) in [6.07, 6.45) is 6.77. The lowest BCUT2D eigenvalue weighted by atomic mass is 9.78. The number of aromatic nitrogens is 2. The Hall–Kier alpha value is -2.06. The van der Waals surface area contributed by atoms with E-state index in [0.29, 0.717) is 0 Å². The third-order valence-electron chi connectivity index (χ3n) is 7.87. The zero-order chi connectivity index (χ0) is 21.4. The highest BCUT2D eigenvalue weighted by Gasteiger charge is 2.37. The van der Waals surface area contributed by atoms with Gasteiger partial charge in [0.05, 0.1) is 21.9 Å².